The zero-order valence-corrected chi connectivity index (χ0v) is 13.2. The van der Waals surface area contributed by atoms with Gasteiger partial charge >= 0.3 is 5.69 Å². The molecule has 1 aromatic rings. The predicted molar refractivity (Wildman–Crippen MR) is 81.5 cm³/mol. The van der Waals surface area contributed by atoms with E-state index in [1.165, 1.54) is 6.20 Å². The second kappa shape index (κ2) is 7.33. The molecular weight excluding hydrogens is 338 g/mol. The molecule has 0 spiro atoms. The van der Waals surface area contributed by atoms with Crippen molar-refractivity contribution in [3.8, 4) is 0 Å². The number of nitrogens with two attached hydrogens (primary N) is 1. The molecule has 0 unspecified atom stereocenters. The smallest absolute Gasteiger partial charge is 0.330 e. The SMILES string of the molecule is NC[C@H]1O[C@@H](OC[C@@H]2C[C@@H](O)[C@H](n3ccc(=O)[nH]c3=O)O2)[C@H](O)[C@@H]1O. The first-order valence-corrected chi connectivity index (χ1v) is 7.89. The van der Waals surface area contributed by atoms with Gasteiger partial charge in [-0.25, -0.2) is 4.79 Å². The molecule has 0 amide bonds. The lowest BCUT2D eigenvalue weighted by molar-refractivity contribution is -0.182. The van der Waals surface area contributed by atoms with Gasteiger partial charge < -0.3 is 35.3 Å². The number of rotatable bonds is 5. The van der Waals surface area contributed by atoms with Crippen LogP contribution in [0, 0.1) is 0 Å². The molecule has 2 saturated heterocycles. The van der Waals surface area contributed by atoms with Gasteiger partial charge in [-0.3, -0.25) is 14.3 Å². The van der Waals surface area contributed by atoms with Crippen LogP contribution >= 0.6 is 0 Å². The zero-order chi connectivity index (χ0) is 18.1. The van der Waals surface area contributed by atoms with Crippen LogP contribution < -0.4 is 17.0 Å². The van der Waals surface area contributed by atoms with Gasteiger partial charge in [0.25, 0.3) is 5.56 Å². The summed E-state index contributed by atoms with van der Waals surface area (Å²) in [6, 6.07) is 1.15. The van der Waals surface area contributed by atoms with Crippen LogP contribution in [0.5, 0.6) is 0 Å². The summed E-state index contributed by atoms with van der Waals surface area (Å²) in [7, 11) is 0. The number of nitrogens with one attached hydrogen (secondary N) is 1. The molecule has 6 N–H and O–H groups in total. The summed E-state index contributed by atoms with van der Waals surface area (Å²) in [4.78, 5) is 25.0. The third kappa shape index (κ3) is 3.67. The minimum Gasteiger partial charge on any atom is -0.388 e. The maximum absolute atomic E-state index is 11.8. The van der Waals surface area contributed by atoms with Gasteiger partial charge in [0, 0.05) is 25.2 Å². The maximum Gasteiger partial charge on any atom is 0.330 e. The molecule has 25 heavy (non-hydrogen) atoms. The molecule has 7 atom stereocenters. The third-order valence-electron chi connectivity index (χ3n) is 4.29. The number of hydrogen-bond acceptors (Lipinski definition) is 9. The van der Waals surface area contributed by atoms with E-state index >= 15 is 0 Å². The largest absolute Gasteiger partial charge is 0.388 e. The molecule has 0 saturated carbocycles. The Morgan fingerprint density at radius 2 is 2.04 bits per heavy atom. The van der Waals surface area contributed by atoms with Crippen molar-refractivity contribution in [2.24, 2.45) is 5.73 Å². The van der Waals surface area contributed by atoms with Crippen molar-refractivity contribution in [1.29, 1.82) is 0 Å². The molecule has 2 aliphatic heterocycles. The third-order valence-corrected chi connectivity index (χ3v) is 4.29. The summed E-state index contributed by atoms with van der Waals surface area (Å²) >= 11 is 0. The number of aliphatic hydroxyl groups is 3. The Kier molecular flexibility index (Phi) is 5.34. The molecule has 11 nitrogen and oxygen atoms in total. The fourth-order valence-electron chi connectivity index (χ4n) is 2.96. The number of aromatic nitrogens is 2. The van der Waals surface area contributed by atoms with Gasteiger partial charge in [-0.1, -0.05) is 0 Å². The minimum absolute atomic E-state index is 0.0304. The molecule has 11 heteroatoms. The Bertz CT molecular complexity index is 706. The highest BCUT2D eigenvalue weighted by molar-refractivity contribution is 4.90. The van der Waals surface area contributed by atoms with Gasteiger partial charge in [-0.15, -0.1) is 0 Å². The van der Waals surface area contributed by atoms with E-state index in [1.807, 2.05) is 0 Å². The van der Waals surface area contributed by atoms with Crippen LogP contribution in [0.3, 0.4) is 0 Å². The van der Waals surface area contributed by atoms with Crippen LogP contribution in [0.4, 0.5) is 0 Å². The van der Waals surface area contributed by atoms with Crippen LogP contribution in [-0.4, -0.2) is 74.8 Å². The number of aliphatic hydroxyl groups excluding tert-OH is 3. The summed E-state index contributed by atoms with van der Waals surface area (Å²) in [5.41, 5.74) is 4.19. The first kappa shape index (κ1) is 18.2. The van der Waals surface area contributed by atoms with Crippen LogP contribution in [0.15, 0.2) is 21.9 Å². The molecule has 0 aliphatic carbocycles. The second-order valence-electron chi connectivity index (χ2n) is 6.06. The highest BCUT2D eigenvalue weighted by Crippen LogP contribution is 2.29. The van der Waals surface area contributed by atoms with Crippen LogP contribution in [0.25, 0.3) is 0 Å². The normalized spacial score (nSPS) is 38.3. The van der Waals surface area contributed by atoms with E-state index in [1.54, 1.807) is 0 Å². The van der Waals surface area contributed by atoms with E-state index in [9.17, 15) is 24.9 Å². The van der Waals surface area contributed by atoms with Crippen molar-refractivity contribution < 1.29 is 29.5 Å². The molecule has 3 rings (SSSR count). The average Bonchev–Trinajstić information content (AvgIpc) is 3.07. The molecule has 1 aromatic heterocycles. The summed E-state index contributed by atoms with van der Waals surface area (Å²) < 4.78 is 17.4. The van der Waals surface area contributed by atoms with E-state index in [2.05, 4.69) is 4.98 Å². The summed E-state index contributed by atoms with van der Waals surface area (Å²) in [5.74, 6) is 0. The molecule has 2 fully saturated rings. The minimum atomic E-state index is -1.24. The lowest BCUT2D eigenvalue weighted by Crippen LogP contribution is -2.36. The Balaban J connectivity index is 1.59. The molecule has 0 bridgehead atoms. The molecule has 3 heterocycles. The van der Waals surface area contributed by atoms with Gasteiger partial charge in [0.1, 0.15) is 24.4 Å². The number of ether oxygens (including phenoxy) is 3. The zero-order valence-electron chi connectivity index (χ0n) is 13.2. The fourth-order valence-corrected chi connectivity index (χ4v) is 2.96. The molecular formula is C14H21N3O8. The quantitative estimate of drug-likeness (QED) is 0.360. The van der Waals surface area contributed by atoms with Gasteiger partial charge in [0.15, 0.2) is 12.5 Å². The number of H-pyrrole nitrogens is 1. The Hall–Kier alpha value is -1.60. The van der Waals surface area contributed by atoms with E-state index in [-0.39, 0.29) is 19.6 Å². The fraction of sp³-hybridized carbons (Fsp3) is 0.714. The number of aromatic amines is 1. The highest BCUT2D eigenvalue weighted by Gasteiger charge is 2.44. The standard InChI is InChI=1S/C14H21N3O8/c15-4-8-10(20)11(21)13(25-8)23-5-6-3-7(18)12(24-6)17-2-1-9(19)16-14(17)22/h1-2,6-8,10-13,18,20-21H,3-5,15H2,(H,16,19,22)/t6-,7+,8+,10+,11+,12+,13+/m0/s1. The topological polar surface area (TPSA) is 169 Å². The lowest BCUT2D eigenvalue weighted by Gasteiger charge is -2.19. The highest BCUT2D eigenvalue weighted by atomic mass is 16.7. The lowest BCUT2D eigenvalue weighted by atomic mass is 10.1. The monoisotopic (exact) mass is 359 g/mol. The number of hydrogen-bond donors (Lipinski definition) is 5. The first-order valence-electron chi connectivity index (χ1n) is 7.89. The van der Waals surface area contributed by atoms with Crippen molar-refractivity contribution in [1.82, 2.24) is 9.55 Å². The van der Waals surface area contributed by atoms with Crippen LogP contribution in [0.1, 0.15) is 12.6 Å². The predicted octanol–water partition coefficient (Wildman–Crippen LogP) is -3.39. The molecule has 140 valence electrons. The molecule has 2 aliphatic rings. The van der Waals surface area contributed by atoms with Gasteiger partial charge in [0.2, 0.25) is 0 Å². The van der Waals surface area contributed by atoms with Gasteiger partial charge in [-0.05, 0) is 0 Å². The average molecular weight is 359 g/mol. The Labute approximate surface area is 141 Å². The maximum atomic E-state index is 11.8. The van der Waals surface area contributed by atoms with Crippen LogP contribution in [0.2, 0.25) is 0 Å². The Morgan fingerprint density at radius 1 is 1.28 bits per heavy atom. The van der Waals surface area contributed by atoms with Gasteiger partial charge in [0.05, 0.1) is 12.7 Å². The second-order valence-corrected chi connectivity index (χ2v) is 6.06. The van der Waals surface area contributed by atoms with Crippen molar-refractivity contribution in [3.63, 3.8) is 0 Å². The molecule has 0 radical (unpaired) electrons. The van der Waals surface area contributed by atoms with Crippen molar-refractivity contribution in [2.45, 2.75) is 49.5 Å². The Morgan fingerprint density at radius 3 is 2.68 bits per heavy atom. The summed E-state index contributed by atoms with van der Waals surface area (Å²) in [6.45, 7) is 0.00529. The van der Waals surface area contributed by atoms with E-state index in [0.717, 1.165) is 10.6 Å². The van der Waals surface area contributed by atoms with Crippen molar-refractivity contribution in [3.05, 3.63) is 33.1 Å². The summed E-state index contributed by atoms with van der Waals surface area (Å²) in [6.07, 6.45) is -5.24. The van der Waals surface area contributed by atoms with E-state index in [4.69, 9.17) is 19.9 Å². The van der Waals surface area contributed by atoms with Crippen molar-refractivity contribution in [2.75, 3.05) is 13.2 Å². The van der Waals surface area contributed by atoms with Gasteiger partial charge in [-0.2, -0.15) is 0 Å². The van der Waals surface area contributed by atoms with E-state index < -0.39 is 54.3 Å². The summed E-state index contributed by atoms with van der Waals surface area (Å²) in [5, 5.41) is 29.7. The van der Waals surface area contributed by atoms with Crippen LogP contribution in [-0.2, 0) is 14.2 Å². The number of nitrogens with zero attached hydrogens (tertiary/aromatic N) is 1. The van der Waals surface area contributed by atoms with E-state index in [0.29, 0.717) is 0 Å². The molecule has 0 aromatic carbocycles. The van der Waals surface area contributed by atoms with Crippen molar-refractivity contribution >= 4 is 0 Å². The first-order chi connectivity index (χ1) is 11.9.